The standard InChI is InChI=1S/C13H18N2OS/c1-10(13(9-16)17-2)15-8-12-6-4-3-5-11(12)7-14/h3-6,10,13,15-16H,8-9H2,1-2H3. The van der Waals surface area contributed by atoms with Gasteiger partial charge in [-0.2, -0.15) is 17.0 Å². The third kappa shape index (κ3) is 4.04. The number of benzene rings is 1. The molecule has 92 valence electrons. The van der Waals surface area contributed by atoms with Crippen molar-refractivity contribution < 1.29 is 5.11 Å². The number of nitrogens with zero attached hydrogens (tertiary/aromatic N) is 1. The summed E-state index contributed by atoms with van der Waals surface area (Å²) in [4.78, 5) is 0. The number of nitrogens with one attached hydrogen (secondary N) is 1. The Balaban J connectivity index is 2.58. The van der Waals surface area contributed by atoms with Crippen LogP contribution in [-0.4, -0.2) is 29.3 Å². The summed E-state index contributed by atoms with van der Waals surface area (Å²) in [6.07, 6.45) is 1.99. The fourth-order valence-corrected chi connectivity index (χ4v) is 2.28. The maximum Gasteiger partial charge on any atom is 0.0995 e. The number of aliphatic hydroxyl groups excluding tert-OH is 1. The number of aliphatic hydroxyl groups is 1. The Bertz CT molecular complexity index is 385. The number of thioether (sulfide) groups is 1. The molecule has 0 radical (unpaired) electrons. The third-order valence-corrected chi connectivity index (χ3v) is 3.96. The molecule has 4 heteroatoms. The van der Waals surface area contributed by atoms with Crippen LogP contribution in [0.5, 0.6) is 0 Å². The maximum absolute atomic E-state index is 9.18. The molecule has 0 bridgehead atoms. The average molecular weight is 250 g/mol. The zero-order valence-electron chi connectivity index (χ0n) is 10.2. The monoisotopic (exact) mass is 250 g/mol. The molecule has 0 aliphatic carbocycles. The lowest BCUT2D eigenvalue weighted by molar-refractivity contribution is 0.276. The van der Waals surface area contributed by atoms with Crippen molar-refractivity contribution in [3.63, 3.8) is 0 Å². The molecular weight excluding hydrogens is 232 g/mol. The third-order valence-electron chi connectivity index (χ3n) is 2.79. The normalized spacial score (nSPS) is 14.0. The van der Waals surface area contributed by atoms with Crippen LogP contribution in [0.25, 0.3) is 0 Å². The Morgan fingerprint density at radius 2 is 2.18 bits per heavy atom. The molecule has 0 saturated carbocycles. The zero-order chi connectivity index (χ0) is 12.7. The van der Waals surface area contributed by atoms with Crippen molar-refractivity contribution in [1.82, 2.24) is 5.32 Å². The van der Waals surface area contributed by atoms with E-state index in [1.807, 2.05) is 37.4 Å². The number of nitriles is 1. The lowest BCUT2D eigenvalue weighted by Crippen LogP contribution is -2.37. The van der Waals surface area contributed by atoms with E-state index in [0.717, 1.165) is 5.56 Å². The van der Waals surface area contributed by atoms with E-state index in [0.29, 0.717) is 12.1 Å². The molecule has 2 atom stereocenters. The first-order chi connectivity index (χ1) is 8.22. The predicted octanol–water partition coefficient (Wildman–Crippen LogP) is 1.76. The van der Waals surface area contributed by atoms with Gasteiger partial charge in [0.05, 0.1) is 18.2 Å². The van der Waals surface area contributed by atoms with Crippen molar-refractivity contribution >= 4 is 11.8 Å². The van der Waals surface area contributed by atoms with E-state index in [-0.39, 0.29) is 17.9 Å². The van der Waals surface area contributed by atoms with E-state index in [1.165, 1.54) is 0 Å². The van der Waals surface area contributed by atoms with E-state index in [1.54, 1.807) is 11.8 Å². The first-order valence-corrected chi connectivity index (χ1v) is 6.86. The van der Waals surface area contributed by atoms with Crippen LogP contribution < -0.4 is 5.32 Å². The molecule has 2 unspecified atom stereocenters. The number of hydrogen-bond acceptors (Lipinski definition) is 4. The van der Waals surface area contributed by atoms with Gasteiger partial charge in [0, 0.05) is 17.8 Å². The van der Waals surface area contributed by atoms with Gasteiger partial charge in [-0.15, -0.1) is 0 Å². The largest absolute Gasteiger partial charge is 0.395 e. The SMILES string of the molecule is CSC(CO)C(C)NCc1ccccc1C#N. The molecule has 3 nitrogen and oxygen atoms in total. The molecule has 0 heterocycles. The molecule has 0 aromatic heterocycles. The van der Waals surface area contributed by atoms with Gasteiger partial charge in [-0.25, -0.2) is 0 Å². The molecule has 0 aliphatic rings. The highest BCUT2D eigenvalue weighted by atomic mass is 32.2. The Morgan fingerprint density at radius 1 is 1.47 bits per heavy atom. The zero-order valence-corrected chi connectivity index (χ0v) is 11.0. The Kier molecular flexibility index (Phi) is 6.06. The van der Waals surface area contributed by atoms with Gasteiger partial charge in [-0.05, 0) is 24.8 Å². The molecule has 1 aromatic rings. The van der Waals surface area contributed by atoms with Crippen molar-refractivity contribution in [1.29, 1.82) is 5.26 Å². The molecule has 2 N–H and O–H groups in total. The molecule has 17 heavy (non-hydrogen) atoms. The summed E-state index contributed by atoms with van der Waals surface area (Å²) in [6.45, 7) is 2.86. The van der Waals surface area contributed by atoms with Gasteiger partial charge in [-0.3, -0.25) is 0 Å². The topological polar surface area (TPSA) is 56.0 Å². The minimum Gasteiger partial charge on any atom is -0.395 e. The highest BCUT2D eigenvalue weighted by Gasteiger charge is 2.14. The molecule has 0 spiro atoms. The smallest absolute Gasteiger partial charge is 0.0995 e. The van der Waals surface area contributed by atoms with Gasteiger partial charge < -0.3 is 10.4 Å². The molecule has 0 fully saturated rings. The van der Waals surface area contributed by atoms with Crippen LogP contribution in [0.3, 0.4) is 0 Å². The van der Waals surface area contributed by atoms with E-state index >= 15 is 0 Å². The maximum atomic E-state index is 9.18. The predicted molar refractivity (Wildman–Crippen MR) is 71.8 cm³/mol. The Hall–Kier alpha value is -1.02. The fourth-order valence-electron chi connectivity index (χ4n) is 1.62. The van der Waals surface area contributed by atoms with E-state index in [9.17, 15) is 5.11 Å². The van der Waals surface area contributed by atoms with Crippen molar-refractivity contribution in [2.45, 2.75) is 24.8 Å². The molecule has 1 aromatic carbocycles. The highest BCUT2D eigenvalue weighted by molar-refractivity contribution is 7.99. The van der Waals surface area contributed by atoms with Gasteiger partial charge >= 0.3 is 0 Å². The summed E-state index contributed by atoms with van der Waals surface area (Å²) in [5.41, 5.74) is 1.71. The molecule has 0 amide bonds. The highest BCUT2D eigenvalue weighted by Crippen LogP contribution is 2.12. The van der Waals surface area contributed by atoms with Crippen LogP contribution in [0, 0.1) is 11.3 Å². The lowest BCUT2D eigenvalue weighted by atomic mass is 10.1. The van der Waals surface area contributed by atoms with Gasteiger partial charge in [-0.1, -0.05) is 18.2 Å². The van der Waals surface area contributed by atoms with Crippen LogP contribution in [0.4, 0.5) is 0 Å². The second-order valence-corrected chi connectivity index (χ2v) is 4.97. The molecule has 0 aliphatic heterocycles. The van der Waals surface area contributed by atoms with Crippen LogP contribution >= 0.6 is 11.8 Å². The molecular formula is C13H18N2OS. The fraction of sp³-hybridized carbons (Fsp3) is 0.462. The Labute approximate surface area is 107 Å². The van der Waals surface area contributed by atoms with Crippen molar-refractivity contribution in [2.75, 3.05) is 12.9 Å². The van der Waals surface area contributed by atoms with Gasteiger partial charge in [0.1, 0.15) is 0 Å². The summed E-state index contributed by atoms with van der Waals surface area (Å²) in [5, 5.41) is 21.7. The summed E-state index contributed by atoms with van der Waals surface area (Å²) in [7, 11) is 0. The first kappa shape index (κ1) is 14.0. The lowest BCUT2D eigenvalue weighted by Gasteiger charge is -2.21. The summed E-state index contributed by atoms with van der Waals surface area (Å²) >= 11 is 1.65. The first-order valence-electron chi connectivity index (χ1n) is 5.58. The van der Waals surface area contributed by atoms with E-state index in [4.69, 9.17) is 5.26 Å². The minimum absolute atomic E-state index is 0.162. The van der Waals surface area contributed by atoms with Crippen molar-refractivity contribution in [3.05, 3.63) is 35.4 Å². The minimum atomic E-state index is 0.162. The van der Waals surface area contributed by atoms with Crippen molar-refractivity contribution in [3.8, 4) is 6.07 Å². The van der Waals surface area contributed by atoms with Crippen molar-refractivity contribution in [2.24, 2.45) is 0 Å². The quantitative estimate of drug-likeness (QED) is 0.808. The van der Waals surface area contributed by atoms with Crippen LogP contribution in [0.1, 0.15) is 18.1 Å². The Morgan fingerprint density at radius 3 is 2.76 bits per heavy atom. The summed E-state index contributed by atoms with van der Waals surface area (Å²) < 4.78 is 0. The van der Waals surface area contributed by atoms with Crippen LogP contribution in [0.15, 0.2) is 24.3 Å². The summed E-state index contributed by atoms with van der Waals surface area (Å²) in [5.74, 6) is 0. The van der Waals surface area contributed by atoms with Gasteiger partial charge in [0.15, 0.2) is 0 Å². The number of hydrogen-bond donors (Lipinski definition) is 2. The summed E-state index contributed by atoms with van der Waals surface area (Å²) in [6, 6.07) is 9.96. The van der Waals surface area contributed by atoms with Gasteiger partial charge in [0.25, 0.3) is 0 Å². The molecule has 1 rings (SSSR count). The van der Waals surface area contributed by atoms with E-state index < -0.39 is 0 Å². The second-order valence-electron chi connectivity index (χ2n) is 3.90. The van der Waals surface area contributed by atoms with E-state index in [2.05, 4.69) is 11.4 Å². The van der Waals surface area contributed by atoms with Crippen LogP contribution in [-0.2, 0) is 6.54 Å². The number of rotatable bonds is 6. The molecule has 0 saturated heterocycles. The van der Waals surface area contributed by atoms with Crippen LogP contribution in [0.2, 0.25) is 0 Å². The second kappa shape index (κ2) is 7.33. The average Bonchev–Trinajstić information content (AvgIpc) is 2.38. The van der Waals surface area contributed by atoms with Gasteiger partial charge in [0.2, 0.25) is 0 Å².